The van der Waals surface area contributed by atoms with Gasteiger partial charge in [-0.25, -0.2) is 0 Å². The Kier molecular flexibility index (Phi) is 5.09. The molecule has 2 rings (SSSR count). The van der Waals surface area contributed by atoms with Crippen molar-refractivity contribution in [1.82, 2.24) is 0 Å². The summed E-state index contributed by atoms with van der Waals surface area (Å²) in [5, 5.41) is 7.71. The highest BCUT2D eigenvalue weighted by molar-refractivity contribution is 7.86. The molecule has 0 saturated heterocycles. The van der Waals surface area contributed by atoms with Crippen molar-refractivity contribution in [1.29, 1.82) is 0 Å². The van der Waals surface area contributed by atoms with Crippen molar-refractivity contribution in [2.24, 2.45) is 10.2 Å². The molecule has 8 nitrogen and oxygen atoms in total. The number of hydrogen-bond donors (Lipinski definition) is 2. The molecule has 0 fully saturated rings. The summed E-state index contributed by atoms with van der Waals surface area (Å²) in [6.45, 7) is 5.59. The molecule has 0 aliphatic rings. The molecular weight excluding hydrogens is 368 g/mol. The maximum Gasteiger partial charge on any atom is 0.296 e. The zero-order valence-electron chi connectivity index (χ0n) is 13.6. The first kappa shape index (κ1) is 19.2. The molecule has 0 unspecified atom stereocenters. The number of aryl methyl sites for hydroxylation is 3. The minimum Gasteiger partial charge on any atom is -0.282 e. The lowest BCUT2D eigenvalue weighted by Crippen LogP contribution is -2.02. The fourth-order valence-electron chi connectivity index (χ4n) is 2.11. The summed E-state index contributed by atoms with van der Waals surface area (Å²) < 4.78 is 63.7. The fourth-order valence-corrected chi connectivity index (χ4v) is 3.22. The largest absolute Gasteiger partial charge is 0.296 e. The topological polar surface area (TPSA) is 133 Å². The Bertz CT molecular complexity index is 1070. The highest BCUT2D eigenvalue weighted by Crippen LogP contribution is 2.30. The minimum absolute atomic E-state index is 0.407. The first-order valence-electron chi connectivity index (χ1n) is 6.98. The van der Waals surface area contributed by atoms with E-state index in [1.54, 1.807) is 13.0 Å². The second-order valence-corrected chi connectivity index (χ2v) is 8.31. The summed E-state index contributed by atoms with van der Waals surface area (Å²) in [4.78, 5) is -1.18. The van der Waals surface area contributed by atoms with Gasteiger partial charge in [0.1, 0.15) is 10.6 Å². The van der Waals surface area contributed by atoms with Gasteiger partial charge in [0.2, 0.25) is 0 Å². The Morgan fingerprint density at radius 2 is 1.28 bits per heavy atom. The average Bonchev–Trinajstić information content (AvgIpc) is 2.47. The molecule has 0 spiro atoms. The third-order valence-electron chi connectivity index (χ3n) is 3.58. The quantitative estimate of drug-likeness (QED) is 0.612. The van der Waals surface area contributed by atoms with Crippen molar-refractivity contribution in [2.45, 2.75) is 30.6 Å². The van der Waals surface area contributed by atoms with Crippen LogP contribution in [-0.4, -0.2) is 25.9 Å². The van der Waals surface area contributed by atoms with Gasteiger partial charge >= 0.3 is 0 Å². The summed E-state index contributed by atoms with van der Waals surface area (Å²) in [5.74, 6) is 0. The van der Waals surface area contributed by atoms with Crippen LogP contribution in [0.1, 0.15) is 16.7 Å². The molecule has 0 aliphatic carbocycles. The Morgan fingerprint density at radius 3 is 1.84 bits per heavy atom. The number of hydrogen-bond acceptors (Lipinski definition) is 6. The van der Waals surface area contributed by atoms with E-state index in [4.69, 9.17) is 4.55 Å². The molecular formula is C15H16N2O6S2. The number of nitrogens with zero attached hydrogens (tertiary/aromatic N) is 2. The molecule has 0 heterocycles. The van der Waals surface area contributed by atoms with E-state index < -0.39 is 35.7 Å². The highest BCUT2D eigenvalue weighted by atomic mass is 32.2. The van der Waals surface area contributed by atoms with Crippen LogP contribution in [0.4, 0.5) is 11.4 Å². The molecule has 0 aliphatic heterocycles. The second-order valence-electron chi connectivity index (χ2n) is 5.50. The van der Waals surface area contributed by atoms with Gasteiger partial charge in [-0.3, -0.25) is 9.11 Å². The lowest BCUT2D eigenvalue weighted by atomic mass is 10.1. The van der Waals surface area contributed by atoms with E-state index in [-0.39, 0.29) is 0 Å². The summed E-state index contributed by atoms with van der Waals surface area (Å²) in [7, 11) is -9.22. The first-order valence-corrected chi connectivity index (χ1v) is 9.86. The molecule has 2 aromatic carbocycles. The molecule has 2 N–H and O–H groups in total. The Labute approximate surface area is 145 Å². The third-order valence-corrected chi connectivity index (χ3v) is 5.33. The molecule has 25 heavy (non-hydrogen) atoms. The minimum atomic E-state index is -4.66. The predicted octanol–water partition coefficient (Wildman–Crippen LogP) is 3.52. The molecule has 2 aromatic rings. The smallest absolute Gasteiger partial charge is 0.282 e. The van der Waals surface area contributed by atoms with Crippen molar-refractivity contribution < 1.29 is 25.9 Å². The first-order chi connectivity index (χ1) is 11.4. The van der Waals surface area contributed by atoms with Crippen LogP contribution in [0.25, 0.3) is 0 Å². The van der Waals surface area contributed by atoms with E-state index in [2.05, 4.69) is 10.2 Å². The van der Waals surface area contributed by atoms with Crippen molar-refractivity contribution in [3.63, 3.8) is 0 Å². The Morgan fingerprint density at radius 1 is 0.720 bits per heavy atom. The van der Waals surface area contributed by atoms with Crippen molar-refractivity contribution in [2.75, 3.05) is 0 Å². The summed E-state index contributed by atoms with van der Waals surface area (Å²) in [6, 6.07) is 6.12. The van der Waals surface area contributed by atoms with E-state index in [9.17, 15) is 21.4 Å². The van der Waals surface area contributed by atoms with Crippen LogP contribution in [0.5, 0.6) is 0 Å². The van der Waals surface area contributed by atoms with E-state index in [1.165, 1.54) is 0 Å². The van der Waals surface area contributed by atoms with Gasteiger partial charge in [0.05, 0.1) is 10.6 Å². The maximum absolute atomic E-state index is 11.4. The van der Waals surface area contributed by atoms with Crippen LogP contribution in [0.15, 0.2) is 50.4 Å². The zero-order chi connectivity index (χ0) is 19.0. The SMILES string of the molecule is Cc1cc(C)c(N=Nc2cc(S(=O)(=O)O)ccc2S(=O)(=O)O)cc1C. The lowest BCUT2D eigenvalue weighted by Gasteiger charge is -2.06. The van der Waals surface area contributed by atoms with Crippen molar-refractivity contribution in [3.8, 4) is 0 Å². The average molecular weight is 384 g/mol. The zero-order valence-corrected chi connectivity index (χ0v) is 15.3. The highest BCUT2D eigenvalue weighted by Gasteiger charge is 2.19. The number of rotatable bonds is 4. The van der Waals surface area contributed by atoms with Gasteiger partial charge in [-0.2, -0.15) is 21.9 Å². The summed E-state index contributed by atoms with van der Waals surface area (Å²) in [6.07, 6.45) is 0. The molecule has 0 saturated carbocycles. The normalized spacial score (nSPS) is 12.7. The molecule has 0 amide bonds. The van der Waals surface area contributed by atoms with Gasteiger partial charge in [-0.05, 0) is 61.7 Å². The van der Waals surface area contributed by atoms with Gasteiger partial charge in [0.25, 0.3) is 20.2 Å². The Hall–Kier alpha value is -2.14. The van der Waals surface area contributed by atoms with Crippen LogP contribution >= 0.6 is 0 Å². The fraction of sp³-hybridized carbons (Fsp3) is 0.200. The lowest BCUT2D eigenvalue weighted by molar-refractivity contribution is 0.478. The number of azo groups is 1. The van der Waals surface area contributed by atoms with Gasteiger partial charge in [0.15, 0.2) is 0 Å². The third kappa shape index (κ3) is 4.48. The molecule has 134 valence electrons. The van der Waals surface area contributed by atoms with E-state index in [1.807, 2.05) is 19.9 Å². The maximum atomic E-state index is 11.4. The molecule has 0 radical (unpaired) electrons. The van der Waals surface area contributed by atoms with E-state index >= 15 is 0 Å². The number of benzene rings is 2. The van der Waals surface area contributed by atoms with Gasteiger partial charge in [-0.1, -0.05) is 6.07 Å². The van der Waals surface area contributed by atoms with Crippen LogP contribution in [0.3, 0.4) is 0 Å². The van der Waals surface area contributed by atoms with Gasteiger partial charge < -0.3 is 0 Å². The molecule has 0 atom stereocenters. The molecule has 10 heteroatoms. The Balaban J connectivity index is 2.63. The van der Waals surface area contributed by atoms with E-state index in [0.29, 0.717) is 5.69 Å². The monoisotopic (exact) mass is 384 g/mol. The molecule has 0 bridgehead atoms. The second kappa shape index (κ2) is 6.64. The van der Waals surface area contributed by atoms with Crippen LogP contribution in [-0.2, 0) is 20.2 Å². The summed E-state index contributed by atoms with van der Waals surface area (Å²) in [5.41, 5.74) is 2.83. The van der Waals surface area contributed by atoms with Gasteiger partial charge in [-0.15, -0.1) is 5.11 Å². The van der Waals surface area contributed by atoms with Crippen LogP contribution < -0.4 is 0 Å². The predicted molar refractivity (Wildman–Crippen MR) is 90.9 cm³/mol. The van der Waals surface area contributed by atoms with E-state index in [0.717, 1.165) is 34.9 Å². The van der Waals surface area contributed by atoms with Crippen molar-refractivity contribution >= 4 is 31.6 Å². The standard InChI is InChI=1S/C15H16N2O6S2/c1-9-6-11(3)13(7-10(9)2)16-17-14-8-12(24(18,19)20)4-5-15(14)25(21,22)23/h4-8H,1-3H3,(H,18,19,20)(H,21,22,23). The summed E-state index contributed by atoms with van der Waals surface area (Å²) >= 11 is 0. The van der Waals surface area contributed by atoms with Crippen LogP contribution in [0, 0.1) is 20.8 Å². The van der Waals surface area contributed by atoms with Gasteiger partial charge in [0, 0.05) is 0 Å². The molecule has 0 aromatic heterocycles. The van der Waals surface area contributed by atoms with Crippen molar-refractivity contribution in [3.05, 3.63) is 47.0 Å². The van der Waals surface area contributed by atoms with Crippen LogP contribution in [0.2, 0.25) is 0 Å².